The number of hydrogen-bond acceptors (Lipinski definition) is 3. The Morgan fingerprint density at radius 1 is 1.40 bits per heavy atom. The lowest BCUT2D eigenvalue weighted by molar-refractivity contribution is -0.137. The van der Waals surface area contributed by atoms with Crippen LogP contribution in [0.5, 0.6) is 0 Å². The van der Waals surface area contributed by atoms with Crippen LogP contribution < -0.4 is 5.73 Å². The molecule has 0 unspecified atom stereocenters. The van der Waals surface area contributed by atoms with Gasteiger partial charge in [0, 0.05) is 11.4 Å². The summed E-state index contributed by atoms with van der Waals surface area (Å²) >= 11 is 0.647. The quantitative estimate of drug-likeness (QED) is 0.879. The third kappa shape index (κ3) is 3.17. The van der Waals surface area contributed by atoms with Gasteiger partial charge in [-0.25, -0.2) is 4.98 Å². The maximum atomic E-state index is 12.4. The van der Waals surface area contributed by atoms with Crippen molar-refractivity contribution in [2.45, 2.75) is 33.0 Å². The summed E-state index contributed by atoms with van der Waals surface area (Å²) in [5.74, 6) is 0.276. The number of thiazole rings is 1. The van der Waals surface area contributed by atoms with Gasteiger partial charge in [0.25, 0.3) is 0 Å². The van der Waals surface area contributed by atoms with Crippen molar-refractivity contribution in [3.8, 4) is 0 Å². The van der Waals surface area contributed by atoms with Crippen LogP contribution in [0.3, 0.4) is 0 Å². The summed E-state index contributed by atoms with van der Waals surface area (Å²) in [4.78, 5) is 4.14. The second-order valence-electron chi connectivity index (χ2n) is 3.69. The van der Waals surface area contributed by atoms with Gasteiger partial charge in [-0.1, -0.05) is 13.8 Å². The zero-order valence-electron chi connectivity index (χ0n) is 8.56. The highest BCUT2D eigenvalue weighted by molar-refractivity contribution is 7.11. The molecule has 15 heavy (non-hydrogen) atoms. The summed E-state index contributed by atoms with van der Waals surface area (Å²) in [6.45, 7) is 4.00. The molecule has 0 atom stereocenters. The molecule has 1 heterocycles. The first-order chi connectivity index (χ1) is 6.84. The number of rotatable bonds is 3. The highest BCUT2D eigenvalue weighted by atomic mass is 32.1. The first-order valence-corrected chi connectivity index (χ1v) is 5.42. The molecule has 0 aliphatic rings. The summed E-state index contributed by atoms with van der Waals surface area (Å²) in [5.41, 5.74) is 5.88. The molecule has 1 rings (SSSR count). The third-order valence-corrected chi connectivity index (χ3v) is 2.97. The Morgan fingerprint density at radius 3 is 2.40 bits per heavy atom. The fourth-order valence-electron chi connectivity index (χ4n) is 1.21. The minimum absolute atomic E-state index is 0.121. The average molecular weight is 238 g/mol. The molecule has 86 valence electrons. The molecule has 0 radical (unpaired) electrons. The number of halogens is 3. The van der Waals surface area contributed by atoms with Crippen LogP contribution in [0.2, 0.25) is 0 Å². The fraction of sp³-hybridized carbons (Fsp3) is 0.667. The summed E-state index contributed by atoms with van der Waals surface area (Å²) < 4.78 is 37.1. The van der Waals surface area contributed by atoms with Gasteiger partial charge in [-0.15, -0.1) is 11.3 Å². The molecule has 2 N–H and O–H groups in total. The summed E-state index contributed by atoms with van der Waals surface area (Å²) in [6.07, 6.45) is -3.82. The van der Waals surface area contributed by atoms with E-state index in [2.05, 4.69) is 4.98 Å². The van der Waals surface area contributed by atoms with Crippen molar-refractivity contribution in [1.82, 2.24) is 4.98 Å². The van der Waals surface area contributed by atoms with Crippen molar-refractivity contribution in [3.63, 3.8) is 0 Å². The Hall–Kier alpha value is -0.620. The lowest BCUT2D eigenvalue weighted by Crippen LogP contribution is -2.05. The van der Waals surface area contributed by atoms with Gasteiger partial charge >= 0.3 is 6.18 Å². The highest BCUT2D eigenvalue weighted by Gasteiger charge is 2.35. The van der Waals surface area contributed by atoms with E-state index in [0.717, 1.165) is 0 Å². The van der Waals surface area contributed by atoms with Gasteiger partial charge < -0.3 is 5.73 Å². The van der Waals surface area contributed by atoms with Crippen LogP contribution in [0, 0.1) is 5.92 Å². The zero-order valence-corrected chi connectivity index (χ0v) is 9.37. The molecule has 6 heteroatoms. The van der Waals surface area contributed by atoms with E-state index in [4.69, 9.17) is 5.73 Å². The molecule has 0 spiro atoms. The molecule has 0 aliphatic carbocycles. The third-order valence-electron chi connectivity index (χ3n) is 1.81. The molecule has 0 aliphatic heterocycles. The van der Waals surface area contributed by atoms with Crippen molar-refractivity contribution in [2.75, 3.05) is 0 Å². The van der Waals surface area contributed by atoms with Crippen LogP contribution in [-0.4, -0.2) is 4.98 Å². The zero-order chi connectivity index (χ0) is 11.6. The number of nitrogens with zero attached hydrogens (tertiary/aromatic N) is 1. The van der Waals surface area contributed by atoms with Gasteiger partial charge in [-0.2, -0.15) is 13.2 Å². The minimum Gasteiger partial charge on any atom is -0.326 e. The van der Waals surface area contributed by atoms with Crippen LogP contribution in [0.4, 0.5) is 13.2 Å². The van der Waals surface area contributed by atoms with E-state index in [0.29, 0.717) is 28.3 Å². The summed E-state index contributed by atoms with van der Waals surface area (Å²) in [6, 6.07) is 0. The molecule has 0 amide bonds. The van der Waals surface area contributed by atoms with Crippen molar-refractivity contribution in [2.24, 2.45) is 11.7 Å². The van der Waals surface area contributed by atoms with Gasteiger partial charge in [0.15, 0.2) is 5.01 Å². The Labute approximate surface area is 90.3 Å². The van der Waals surface area contributed by atoms with E-state index in [9.17, 15) is 13.2 Å². The predicted molar refractivity (Wildman–Crippen MR) is 53.5 cm³/mol. The Kier molecular flexibility index (Phi) is 3.72. The molecule has 0 saturated heterocycles. The number of hydrogen-bond donors (Lipinski definition) is 1. The van der Waals surface area contributed by atoms with Gasteiger partial charge in [-0.05, 0) is 12.3 Å². The van der Waals surface area contributed by atoms with Gasteiger partial charge in [0.2, 0.25) is 0 Å². The van der Waals surface area contributed by atoms with E-state index < -0.39 is 11.2 Å². The maximum Gasteiger partial charge on any atom is 0.443 e. The molecule has 0 bridgehead atoms. The molecule has 2 nitrogen and oxygen atoms in total. The van der Waals surface area contributed by atoms with E-state index in [1.165, 1.54) is 0 Å². The molecule has 0 aromatic carbocycles. The monoisotopic (exact) mass is 238 g/mol. The topological polar surface area (TPSA) is 38.9 Å². The normalized spacial score (nSPS) is 12.5. The van der Waals surface area contributed by atoms with Crippen LogP contribution >= 0.6 is 11.3 Å². The van der Waals surface area contributed by atoms with Gasteiger partial charge in [0.1, 0.15) is 0 Å². The molecule has 0 fully saturated rings. The van der Waals surface area contributed by atoms with E-state index in [1.54, 1.807) is 0 Å². The molecular formula is C9H13F3N2S. The van der Waals surface area contributed by atoms with E-state index in [-0.39, 0.29) is 12.5 Å². The minimum atomic E-state index is -4.36. The number of aromatic nitrogens is 1. The average Bonchev–Trinajstić information content (AvgIpc) is 2.45. The van der Waals surface area contributed by atoms with Crippen LogP contribution in [-0.2, 0) is 19.1 Å². The van der Waals surface area contributed by atoms with Crippen molar-refractivity contribution >= 4 is 11.3 Å². The van der Waals surface area contributed by atoms with Gasteiger partial charge in [-0.3, -0.25) is 0 Å². The fourth-order valence-corrected chi connectivity index (χ4v) is 2.05. The van der Waals surface area contributed by atoms with E-state index in [1.807, 2.05) is 13.8 Å². The van der Waals surface area contributed by atoms with E-state index >= 15 is 0 Å². The lowest BCUT2D eigenvalue weighted by Gasteiger charge is -2.02. The van der Waals surface area contributed by atoms with Crippen LogP contribution in [0.15, 0.2) is 0 Å². The summed E-state index contributed by atoms with van der Waals surface area (Å²) in [5, 5.41) is -0.793. The van der Waals surface area contributed by atoms with Crippen LogP contribution in [0.1, 0.15) is 29.4 Å². The number of nitrogens with two attached hydrogens (primary N) is 1. The first kappa shape index (κ1) is 12.4. The highest BCUT2D eigenvalue weighted by Crippen LogP contribution is 2.34. The van der Waals surface area contributed by atoms with Crippen molar-refractivity contribution < 1.29 is 13.2 Å². The molecular weight excluding hydrogens is 225 g/mol. The second-order valence-corrected chi connectivity index (χ2v) is 4.77. The van der Waals surface area contributed by atoms with Crippen molar-refractivity contribution in [3.05, 3.63) is 15.6 Å². The predicted octanol–water partition coefficient (Wildman–Crippen LogP) is 2.82. The lowest BCUT2D eigenvalue weighted by atomic mass is 10.1. The Bertz CT molecular complexity index is 331. The first-order valence-electron chi connectivity index (χ1n) is 4.60. The largest absolute Gasteiger partial charge is 0.443 e. The van der Waals surface area contributed by atoms with Gasteiger partial charge in [0.05, 0.1) is 5.69 Å². The SMILES string of the molecule is CC(C)Cc1nc(C(F)(F)F)sc1CN. The van der Waals surface area contributed by atoms with Crippen LogP contribution in [0.25, 0.3) is 0 Å². The number of alkyl halides is 3. The molecule has 1 aromatic rings. The maximum absolute atomic E-state index is 12.4. The molecule has 0 saturated carbocycles. The Balaban J connectivity index is 3.00. The smallest absolute Gasteiger partial charge is 0.326 e. The second kappa shape index (κ2) is 4.49. The Morgan fingerprint density at radius 2 is 2.00 bits per heavy atom. The molecule has 1 aromatic heterocycles. The standard InChI is InChI=1S/C9H13F3N2S/c1-5(2)3-6-7(4-13)15-8(14-6)9(10,11)12/h5H,3-4,13H2,1-2H3. The summed E-state index contributed by atoms with van der Waals surface area (Å²) in [7, 11) is 0. The van der Waals surface area contributed by atoms with Crippen molar-refractivity contribution in [1.29, 1.82) is 0 Å².